The molecule has 0 saturated carbocycles. The van der Waals surface area contributed by atoms with Crippen LogP contribution < -0.4 is 0 Å². The van der Waals surface area contributed by atoms with E-state index in [4.69, 9.17) is 0 Å². The Morgan fingerprint density at radius 3 is 0.200 bits per heavy atom. The summed E-state index contributed by atoms with van der Waals surface area (Å²) in [5, 5.41) is 0. The summed E-state index contributed by atoms with van der Waals surface area (Å²) in [4.78, 5) is 0. The van der Waals surface area contributed by atoms with Crippen LogP contribution in [-0.4, -0.2) is 0 Å². The third kappa shape index (κ3) is 17.8. The molecule has 20 valence electrons. The predicted octanol–water partition coefficient (Wildman–Crippen LogP) is -0.0125. The van der Waals surface area contributed by atoms with Crippen molar-refractivity contribution in [3.63, 3.8) is 0 Å². The van der Waals surface area contributed by atoms with Crippen molar-refractivity contribution in [3.8, 4) is 0 Å². The SMILES string of the molecule is [Hf].[Hf].[Hf].[Hf].[Hf]. The fraction of sp³-hybridized carbons (Fsp3) is 0. The van der Waals surface area contributed by atoms with Gasteiger partial charge < -0.3 is 0 Å². The average Bonchev–Trinajstić information content (AvgIpc) is 0. The molecule has 0 aliphatic rings. The summed E-state index contributed by atoms with van der Waals surface area (Å²) in [6.45, 7) is 0. The van der Waals surface area contributed by atoms with Crippen LogP contribution in [-0.2, 0) is 129 Å². The van der Waals surface area contributed by atoms with Crippen molar-refractivity contribution >= 4 is 0 Å². The van der Waals surface area contributed by atoms with E-state index in [1.54, 1.807) is 0 Å². The molecular weight excluding hydrogens is 892 g/mol. The topological polar surface area (TPSA) is 0 Å². The van der Waals surface area contributed by atoms with Gasteiger partial charge in [0.25, 0.3) is 0 Å². The molecule has 0 aromatic carbocycles. The monoisotopic (exact) mass is 900 g/mol. The van der Waals surface area contributed by atoms with Crippen LogP contribution in [0, 0.1) is 0 Å². The van der Waals surface area contributed by atoms with Crippen LogP contribution in [0.2, 0.25) is 0 Å². The van der Waals surface area contributed by atoms with Gasteiger partial charge in [0.05, 0.1) is 0 Å². The molecule has 0 unspecified atom stereocenters. The summed E-state index contributed by atoms with van der Waals surface area (Å²) in [5.41, 5.74) is 0. The molecule has 0 fully saturated rings. The zero-order chi connectivity index (χ0) is 0. The quantitative estimate of drug-likeness (QED) is 0.301. The Kier molecular flexibility index (Phi) is 164. The van der Waals surface area contributed by atoms with Crippen molar-refractivity contribution in [1.82, 2.24) is 0 Å². The largest absolute Gasteiger partial charge is 0 e. The number of hydrogen-bond acceptors (Lipinski definition) is 0. The molecule has 0 aliphatic carbocycles. The Balaban J connectivity index is 0. The molecule has 0 rings (SSSR count). The van der Waals surface area contributed by atoms with Gasteiger partial charge in [-0.1, -0.05) is 0 Å². The number of rotatable bonds is 0. The van der Waals surface area contributed by atoms with E-state index in [-0.39, 0.29) is 129 Å². The smallest absolute Gasteiger partial charge is 0 e. The summed E-state index contributed by atoms with van der Waals surface area (Å²) in [6.07, 6.45) is 0. The first-order valence-electron chi connectivity index (χ1n) is 0. The molecule has 0 amide bonds. The maximum atomic E-state index is 0. The molecule has 0 nitrogen and oxygen atoms in total. The van der Waals surface area contributed by atoms with Crippen molar-refractivity contribution in [3.05, 3.63) is 0 Å². The van der Waals surface area contributed by atoms with Crippen molar-refractivity contribution in [2.24, 2.45) is 0 Å². The molecule has 0 heterocycles. The Labute approximate surface area is 126 Å². The molecular formula is Hf5. The van der Waals surface area contributed by atoms with Gasteiger partial charge in [0.2, 0.25) is 0 Å². The van der Waals surface area contributed by atoms with Crippen molar-refractivity contribution in [2.75, 3.05) is 0 Å². The zero-order valence-electron chi connectivity index (χ0n) is 2.50. The molecule has 0 aromatic rings. The zero-order valence-corrected chi connectivity index (χ0v) is 20.5. The molecule has 5 heavy (non-hydrogen) atoms. The molecule has 0 spiro atoms. The summed E-state index contributed by atoms with van der Waals surface area (Å²) >= 11 is 0. The van der Waals surface area contributed by atoms with Crippen molar-refractivity contribution in [2.45, 2.75) is 0 Å². The predicted molar refractivity (Wildman–Crippen MR) is 0 cm³/mol. The molecule has 0 radical (unpaired) electrons. The minimum atomic E-state index is 0. The first-order valence-corrected chi connectivity index (χ1v) is 0. The van der Waals surface area contributed by atoms with Crippen LogP contribution >= 0.6 is 0 Å². The van der Waals surface area contributed by atoms with Gasteiger partial charge in [-0.25, -0.2) is 0 Å². The molecule has 0 aromatic heterocycles. The van der Waals surface area contributed by atoms with Gasteiger partial charge in [-0.15, -0.1) is 0 Å². The van der Waals surface area contributed by atoms with E-state index in [0.717, 1.165) is 0 Å². The second-order valence-corrected chi connectivity index (χ2v) is 0. The van der Waals surface area contributed by atoms with Crippen LogP contribution in [0.4, 0.5) is 0 Å². The molecule has 0 bridgehead atoms. The Hall–Kier alpha value is 4.35. The van der Waals surface area contributed by atoms with E-state index < -0.39 is 0 Å². The third-order valence-electron chi connectivity index (χ3n) is 0. The molecule has 0 atom stereocenters. The van der Waals surface area contributed by atoms with Crippen molar-refractivity contribution in [1.29, 1.82) is 0 Å². The normalized spacial score (nSPS) is 0. The standard InChI is InChI=1S/5Hf. The molecule has 0 aliphatic heterocycles. The molecule has 0 N–H and O–H groups in total. The van der Waals surface area contributed by atoms with Gasteiger partial charge in [0.15, 0.2) is 0 Å². The van der Waals surface area contributed by atoms with E-state index in [2.05, 4.69) is 0 Å². The van der Waals surface area contributed by atoms with Crippen LogP contribution in [0.1, 0.15) is 0 Å². The minimum absolute atomic E-state index is 0. The second kappa shape index (κ2) is 23.8. The fourth-order valence-electron chi connectivity index (χ4n) is 0. The van der Waals surface area contributed by atoms with E-state index in [9.17, 15) is 0 Å². The van der Waals surface area contributed by atoms with E-state index in [1.807, 2.05) is 0 Å². The maximum Gasteiger partial charge on any atom is 0 e. The first-order chi connectivity index (χ1) is 0. The van der Waals surface area contributed by atoms with Gasteiger partial charge in [0.1, 0.15) is 0 Å². The maximum absolute atomic E-state index is 0. The van der Waals surface area contributed by atoms with Crippen LogP contribution in [0.3, 0.4) is 0 Å². The Morgan fingerprint density at radius 1 is 0.200 bits per heavy atom. The summed E-state index contributed by atoms with van der Waals surface area (Å²) < 4.78 is 0. The van der Waals surface area contributed by atoms with Gasteiger partial charge in [-0.2, -0.15) is 0 Å². The summed E-state index contributed by atoms with van der Waals surface area (Å²) in [7, 11) is 0. The number of hydrogen-bond donors (Lipinski definition) is 0. The van der Waals surface area contributed by atoms with Crippen LogP contribution in [0.25, 0.3) is 0 Å². The second-order valence-electron chi connectivity index (χ2n) is 0. The Morgan fingerprint density at radius 2 is 0.200 bits per heavy atom. The van der Waals surface area contributed by atoms with Crippen LogP contribution in [0.5, 0.6) is 0 Å². The summed E-state index contributed by atoms with van der Waals surface area (Å²) in [6, 6.07) is 0. The van der Waals surface area contributed by atoms with Crippen LogP contribution in [0.15, 0.2) is 0 Å². The molecule has 5 heteroatoms. The van der Waals surface area contributed by atoms with Gasteiger partial charge in [0, 0.05) is 129 Å². The summed E-state index contributed by atoms with van der Waals surface area (Å²) in [5.74, 6) is 0. The van der Waals surface area contributed by atoms with Gasteiger partial charge in [-0.3, -0.25) is 0 Å². The van der Waals surface area contributed by atoms with E-state index in [0.29, 0.717) is 0 Å². The third-order valence-corrected chi connectivity index (χ3v) is 0. The Bertz CT molecular complexity index is 0. The van der Waals surface area contributed by atoms with Crippen molar-refractivity contribution < 1.29 is 129 Å². The van der Waals surface area contributed by atoms with E-state index >= 15 is 0 Å². The molecule has 0 saturated heterocycles. The first kappa shape index (κ1) is 34.4. The van der Waals surface area contributed by atoms with Gasteiger partial charge >= 0.3 is 0 Å². The average molecular weight is 892 g/mol. The fourth-order valence-corrected chi connectivity index (χ4v) is 0. The minimum Gasteiger partial charge on any atom is 0 e. The van der Waals surface area contributed by atoms with Gasteiger partial charge in [-0.05, 0) is 0 Å². The van der Waals surface area contributed by atoms with E-state index in [1.165, 1.54) is 0 Å².